The molecule has 1 aliphatic carbocycles. The van der Waals surface area contributed by atoms with Crippen molar-refractivity contribution >= 4 is 49.4 Å². The van der Waals surface area contributed by atoms with Gasteiger partial charge in [0.1, 0.15) is 5.60 Å². The van der Waals surface area contributed by atoms with Crippen molar-refractivity contribution < 1.29 is 9.90 Å². The van der Waals surface area contributed by atoms with Gasteiger partial charge in [-0.15, -0.1) is 0 Å². The summed E-state index contributed by atoms with van der Waals surface area (Å²) in [5, 5.41) is 13.3. The van der Waals surface area contributed by atoms with Gasteiger partial charge in [0.2, 0.25) is 5.91 Å². The third kappa shape index (κ3) is 5.08. The van der Waals surface area contributed by atoms with Crippen LogP contribution in [0.1, 0.15) is 54.5 Å². The van der Waals surface area contributed by atoms with Crippen LogP contribution in [0, 0.1) is 11.8 Å². The molecule has 5 nitrogen and oxygen atoms in total. The number of amides is 1. The second kappa shape index (κ2) is 10.4. The van der Waals surface area contributed by atoms with Crippen molar-refractivity contribution in [2.24, 2.45) is 11.8 Å². The van der Waals surface area contributed by atoms with E-state index in [1.807, 2.05) is 17.0 Å². The number of pyridine rings is 1. The number of hydrogen-bond acceptors (Lipinski definition) is 4. The molecular weight excluding hydrogens is 594 g/mol. The Labute approximate surface area is 229 Å². The van der Waals surface area contributed by atoms with Gasteiger partial charge in [0.25, 0.3) is 0 Å². The van der Waals surface area contributed by atoms with E-state index in [1.54, 1.807) is 6.20 Å². The van der Waals surface area contributed by atoms with Crippen molar-refractivity contribution in [3.05, 3.63) is 60.7 Å². The number of aliphatic hydroxyl groups is 1. The SMILES string of the molecule is CN1CCC(CC(=O)N2CCC(C3(O)c4ncc(Br)cc4CCc4cc(Cl)cc(Br)c43)CC2)CC1. The van der Waals surface area contributed by atoms with Gasteiger partial charge in [-0.25, -0.2) is 0 Å². The first-order valence-electron chi connectivity index (χ1n) is 12.6. The largest absolute Gasteiger partial charge is 0.378 e. The fourth-order valence-corrected chi connectivity index (χ4v) is 7.79. The van der Waals surface area contributed by atoms with Crippen molar-refractivity contribution in [2.75, 3.05) is 33.2 Å². The molecule has 2 saturated heterocycles. The summed E-state index contributed by atoms with van der Waals surface area (Å²) < 4.78 is 1.73. The summed E-state index contributed by atoms with van der Waals surface area (Å²) in [7, 11) is 2.15. The van der Waals surface area contributed by atoms with E-state index in [1.165, 1.54) is 0 Å². The van der Waals surface area contributed by atoms with Gasteiger partial charge in [-0.3, -0.25) is 9.78 Å². The normalized spacial score (nSPS) is 24.1. The Morgan fingerprint density at radius 1 is 1.09 bits per heavy atom. The third-order valence-electron chi connectivity index (χ3n) is 8.22. The molecule has 1 aromatic carbocycles. The molecule has 188 valence electrons. The van der Waals surface area contributed by atoms with Crippen LogP contribution < -0.4 is 0 Å². The van der Waals surface area contributed by atoms with Gasteiger partial charge in [0.15, 0.2) is 0 Å². The predicted octanol–water partition coefficient (Wildman–Crippen LogP) is 5.57. The highest BCUT2D eigenvalue weighted by Crippen LogP contribution is 2.49. The van der Waals surface area contributed by atoms with E-state index in [0.29, 0.717) is 30.5 Å². The van der Waals surface area contributed by atoms with Gasteiger partial charge in [-0.05, 0) is 110 Å². The molecule has 35 heavy (non-hydrogen) atoms. The van der Waals surface area contributed by atoms with Gasteiger partial charge in [0.05, 0.1) is 5.69 Å². The number of likely N-dealkylation sites (tertiary alicyclic amines) is 2. The Hall–Kier alpha value is -0.990. The quantitative estimate of drug-likeness (QED) is 0.485. The Morgan fingerprint density at radius 3 is 2.49 bits per heavy atom. The molecule has 1 aromatic heterocycles. The lowest BCUT2D eigenvalue weighted by atomic mass is 9.72. The van der Waals surface area contributed by atoms with Crippen LogP contribution >= 0.6 is 43.5 Å². The summed E-state index contributed by atoms with van der Waals surface area (Å²) in [5.74, 6) is 0.711. The van der Waals surface area contributed by atoms with Crippen LogP contribution in [0.25, 0.3) is 0 Å². The highest BCUT2D eigenvalue weighted by Gasteiger charge is 2.48. The number of halogens is 3. The Balaban J connectivity index is 1.40. The topological polar surface area (TPSA) is 56.7 Å². The number of rotatable bonds is 3. The zero-order valence-electron chi connectivity index (χ0n) is 20.1. The van der Waals surface area contributed by atoms with Crippen LogP contribution in [-0.4, -0.2) is 59.0 Å². The van der Waals surface area contributed by atoms with E-state index in [2.05, 4.69) is 49.9 Å². The molecule has 5 rings (SSSR count). The van der Waals surface area contributed by atoms with Gasteiger partial charge < -0.3 is 14.9 Å². The van der Waals surface area contributed by atoms with Gasteiger partial charge in [0, 0.05) is 51.2 Å². The molecule has 3 aliphatic rings. The van der Waals surface area contributed by atoms with Crippen LogP contribution in [0.3, 0.4) is 0 Å². The molecule has 1 amide bonds. The number of piperidine rings is 2. The standard InChI is InChI=1S/C27H32Br2ClN3O2/c1-32-8-4-17(5-9-32)12-24(34)33-10-6-20(7-11-33)27(35)25-18(14-22(30)15-23(25)29)2-3-19-13-21(28)16-31-26(19)27/h13-17,20,35H,2-12H2,1H3. The monoisotopic (exact) mass is 623 g/mol. The van der Waals surface area contributed by atoms with Crippen molar-refractivity contribution in [1.82, 2.24) is 14.8 Å². The lowest BCUT2D eigenvalue weighted by molar-refractivity contribution is -0.135. The van der Waals surface area contributed by atoms with Crippen LogP contribution in [0.2, 0.25) is 5.02 Å². The number of benzene rings is 1. The zero-order chi connectivity index (χ0) is 24.7. The molecule has 1 N–H and O–H groups in total. The number of aryl methyl sites for hydroxylation is 2. The molecule has 8 heteroatoms. The van der Waals surface area contributed by atoms with Crippen LogP contribution in [0.5, 0.6) is 0 Å². The van der Waals surface area contributed by atoms with Gasteiger partial charge in [-0.1, -0.05) is 27.5 Å². The van der Waals surface area contributed by atoms with Crippen LogP contribution in [-0.2, 0) is 23.2 Å². The third-order valence-corrected chi connectivity index (χ3v) is 9.49. The van der Waals surface area contributed by atoms with Crippen molar-refractivity contribution in [3.63, 3.8) is 0 Å². The molecule has 0 spiro atoms. The number of fused-ring (bicyclic) bond motifs is 2. The summed E-state index contributed by atoms with van der Waals surface area (Å²) in [5.41, 5.74) is 2.49. The Bertz CT molecular complexity index is 1110. The summed E-state index contributed by atoms with van der Waals surface area (Å²) in [6.07, 6.45) is 7.68. The predicted molar refractivity (Wildman–Crippen MR) is 146 cm³/mol. The van der Waals surface area contributed by atoms with E-state index in [-0.39, 0.29) is 11.8 Å². The number of carbonyl (C=O) groups excluding carboxylic acids is 1. The summed E-state index contributed by atoms with van der Waals surface area (Å²) in [6, 6.07) is 5.93. The molecule has 2 aliphatic heterocycles. The van der Waals surface area contributed by atoms with Crippen LogP contribution in [0.4, 0.5) is 0 Å². The Kier molecular flexibility index (Phi) is 7.63. The number of hydrogen-bond donors (Lipinski definition) is 1. The highest BCUT2D eigenvalue weighted by molar-refractivity contribution is 9.10. The molecular formula is C27H32Br2ClN3O2. The molecule has 2 aromatic rings. The molecule has 0 radical (unpaired) electrons. The van der Waals surface area contributed by atoms with E-state index in [0.717, 1.165) is 82.9 Å². The van der Waals surface area contributed by atoms with Crippen molar-refractivity contribution in [1.29, 1.82) is 0 Å². The van der Waals surface area contributed by atoms with Gasteiger partial charge in [-0.2, -0.15) is 0 Å². The molecule has 1 unspecified atom stereocenters. The lowest BCUT2D eigenvalue weighted by Crippen LogP contribution is -2.47. The van der Waals surface area contributed by atoms with E-state index in [4.69, 9.17) is 16.6 Å². The molecule has 0 saturated carbocycles. The minimum absolute atomic E-state index is 0.0448. The first-order chi connectivity index (χ1) is 16.8. The van der Waals surface area contributed by atoms with Crippen molar-refractivity contribution in [3.8, 4) is 0 Å². The van der Waals surface area contributed by atoms with Gasteiger partial charge >= 0.3 is 0 Å². The maximum absolute atomic E-state index is 13.1. The maximum Gasteiger partial charge on any atom is 0.222 e. The fraction of sp³-hybridized carbons (Fsp3) is 0.556. The second-order valence-electron chi connectivity index (χ2n) is 10.5. The first-order valence-corrected chi connectivity index (χ1v) is 14.5. The summed E-state index contributed by atoms with van der Waals surface area (Å²) in [6.45, 7) is 3.50. The van der Waals surface area contributed by atoms with Crippen LogP contribution in [0.15, 0.2) is 33.3 Å². The minimum Gasteiger partial charge on any atom is -0.378 e. The summed E-state index contributed by atoms with van der Waals surface area (Å²) in [4.78, 5) is 22.2. The fourth-order valence-electron chi connectivity index (χ4n) is 6.24. The highest BCUT2D eigenvalue weighted by atomic mass is 79.9. The van der Waals surface area contributed by atoms with E-state index < -0.39 is 5.60 Å². The minimum atomic E-state index is -1.24. The Morgan fingerprint density at radius 2 is 1.77 bits per heavy atom. The lowest BCUT2D eigenvalue weighted by Gasteiger charge is -2.43. The number of aromatic nitrogens is 1. The number of nitrogens with zero attached hydrogens (tertiary/aromatic N) is 3. The zero-order valence-corrected chi connectivity index (χ0v) is 24.0. The summed E-state index contributed by atoms with van der Waals surface area (Å²) >= 11 is 13.7. The van der Waals surface area contributed by atoms with Crippen molar-refractivity contribution in [2.45, 2.75) is 50.5 Å². The second-order valence-corrected chi connectivity index (χ2v) is 12.7. The van der Waals surface area contributed by atoms with E-state index in [9.17, 15) is 9.90 Å². The maximum atomic E-state index is 13.1. The average Bonchev–Trinajstić information content (AvgIpc) is 2.95. The molecule has 1 atom stereocenters. The average molecular weight is 626 g/mol. The molecule has 3 heterocycles. The first kappa shape index (κ1) is 25.7. The smallest absolute Gasteiger partial charge is 0.222 e. The molecule has 0 bridgehead atoms. The van der Waals surface area contributed by atoms with E-state index >= 15 is 0 Å². The number of carbonyl (C=O) groups is 1. The molecule has 2 fully saturated rings.